The van der Waals surface area contributed by atoms with Gasteiger partial charge in [-0.1, -0.05) is 283 Å². The molecule has 97 heavy (non-hydrogen) atoms. The number of likely N-dealkylation sites (N-methyl/N-ethyl adjacent to an activating group) is 2. The van der Waals surface area contributed by atoms with Crippen LogP contribution in [-0.4, -0.2) is 48.9 Å². The van der Waals surface area contributed by atoms with E-state index in [0.717, 1.165) is 55.2 Å². The highest BCUT2D eigenvalue weighted by Crippen LogP contribution is 2.60. The van der Waals surface area contributed by atoms with Crippen LogP contribution in [0.2, 0.25) is 0 Å². The molecular formula is C91H100N2O4. The van der Waals surface area contributed by atoms with E-state index < -0.39 is 5.41 Å². The normalized spacial score (nSPS) is 15.5. The van der Waals surface area contributed by atoms with Crippen LogP contribution in [0.3, 0.4) is 0 Å². The zero-order valence-corrected chi connectivity index (χ0v) is 58.7. The molecule has 13 rings (SSSR count). The number of hydrogen-bond donors (Lipinski definition) is 0. The number of hydrogen-bond acceptors (Lipinski definition) is 4. The van der Waals surface area contributed by atoms with Gasteiger partial charge in [0, 0.05) is 30.3 Å². The maximum atomic E-state index is 14.1. The van der Waals surface area contributed by atoms with Gasteiger partial charge in [-0.3, -0.25) is 9.59 Å². The minimum atomic E-state index is -0.430. The highest BCUT2D eigenvalue weighted by molar-refractivity contribution is 6.30. The van der Waals surface area contributed by atoms with Gasteiger partial charge in [-0.05, 0) is 180 Å². The summed E-state index contributed by atoms with van der Waals surface area (Å²) in [6.45, 7) is 18.4. The lowest BCUT2D eigenvalue weighted by atomic mass is 9.69. The highest BCUT2D eigenvalue weighted by Gasteiger charge is 2.49. The van der Waals surface area contributed by atoms with Crippen LogP contribution in [0, 0.1) is 0 Å². The Balaban J connectivity index is 0.885. The highest BCUT2D eigenvalue weighted by atomic mass is 16.5. The van der Waals surface area contributed by atoms with Crippen LogP contribution in [0.5, 0.6) is 0 Å². The van der Waals surface area contributed by atoms with Crippen LogP contribution < -0.4 is 0 Å². The van der Waals surface area contributed by atoms with Crippen molar-refractivity contribution in [2.45, 2.75) is 185 Å². The zero-order chi connectivity index (χ0) is 67.3. The van der Waals surface area contributed by atoms with E-state index in [2.05, 4.69) is 180 Å². The van der Waals surface area contributed by atoms with E-state index in [1.54, 1.807) is 36.4 Å². The molecule has 8 aromatic rings. The predicted molar refractivity (Wildman–Crippen MR) is 404 cm³/mol. The number of carbonyl (C=O) groups excluding carboxylic acids is 2. The first-order chi connectivity index (χ1) is 47.5. The van der Waals surface area contributed by atoms with Gasteiger partial charge in [0.25, 0.3) is 11.8 Å². The van der Waals surface area contributed by atoms with Crippen LogP contribution in [0.4, 0.5) is 0 Å². The lowest BCUT2D eigenvalue weighted by molar-refractivity contribution is -0.123. The van der Waals surface area contributed by atoms with Crippen molar-refractivity contribution in [2.75, 3.05) is 27.3 Å². The van der Waals surface area contributed by atoms with E-state index in [1.165, 1.54) is 197 Å². The van der Waals surface area contributed by atoms with Gasteiger partial charge in [0.05, 0.1) is 48.3 Å². The van der Waals surface area contributed by atoms with Gasteiger partial charge in [-0.2, -0.15) is 0 Å². The molecule has 0 unspecified atom stereocenters. The molecule has 0 spiro atoms. The third-order valence-electron chi connectivity index (χ3n) is 23.0. The van der Waals surface area contributed by atoms with E-state index in [0.29, 0.717) is 35.8 Å². The first-order valence-electron chi connectivity index (χ1n) is 37.0. The van der Waals surface area contributed by atoms with Gasteiger partial charge in [-0.25, -0.2) is 0 Å². The maximum absolute atomic E-state index is 14.1. The Bertz CT molecular complexity index is 4270. The van der Waals surface area contributed by atoms with Gasteiger partial charge in [-0.15, -0.1) is 0 Å². The molecule has 0 bridgehead atoms. The van der Waals surface area contributed by atoms with Crippen LogP contribution in [0.25, 0.3) is 78.2 Å². The molecule has 0 fully saturated rings. The first-order valence-corrected chi connectivity index (χ1v) is 37.0. The molecule has 0 radical (unpaired) electrons. The SMILES string of the molecule is C=COCCC1(CCOC=C)c2cc(-c3ccc4c(c3)C(CCCCCC)(CCCCCC)c3ccccc3-4)ccc2-c2ccc(-c3ccc4c(c3)C(CCCCCC)(CCCCCC)c3cc(-c5ccc(C6=C7C(=O)N(C)C(c8ccccc8)=C7C(=O)N6C)cc5)ccc3-4)cc21. The summed E-state index contributed by atoms with van der Waals surface area (Å²) < 4.78 is 12.3. The van der Waals surface area contributed by atoms with E-state index in [9.17, 15) is 9.59 Å². The van der Waals surface area contributed by atoms with Crippen molar-refractivity contribution in [3.8, 4) is 66.8 Å². The number of unbranched alkanes of at least 4 members (excludes halogenated alkanes) is 12. The maximum Gasteiger partial charge on any atom is 0.261 e. The molecule has 2 amide bonds. The standard InChI is InChI=1S/C91H100N2O4/c1-9-15-19-28-50-89(51-29-20-16-10-2)77-35-27-26-34-71(77)72-46-41-67(59-78(72)89)69-43-48-75-76-49-44-70(62-82(76)91(81(75)61-69,54-56-96-13-5)55-57-97-14-6)68-42-47-74-73-45-40-66(58-79(73)90(80(74)60-68,52-30-21-17-11-3)53-31-22-18-12-4)63-36-38-65(39-37-63)86-84-83(87(94)93(86)8)85(92(7)88(84)95)64-32-24-23-25-33-64/h13-14,23-27,32-49,58-62H,5-6,9-12,15-22,28-31,50-57H2,1-4,7-8H3. The smallest absolute Gasteiger partial charge is 0.261 e. The summed E-state index contributed by atoms with van der Waals surface area (Å²) in [7, 11) is 3.57. The van der Waals surface area contributed by atoms with E-state index in [-0.39, 0.29) is 22.6 Å². The molecular weight excluding hydrogens is 1190 g/mol. The lowest BCUT2D eigenvalue weighted by Crippen LogP contribution is -2.29. The molecule has 2 aliphatic heterocycles. The molecule has 6 nitrogen and oxygen atoms in total. The third-order valence-corrected chi connectivity index (χ3v) is 23.0. The second kappa shape index (κ2) is 29.1. The molecule has 0 saturated heterocycles. The number of carbonyl (C=O) groups is 2. The van der Waals surface area contributed by atoms with Crippen LogP contribution in [0.15, 0.2) is 207 Å². The summed E-state index contributed by atoms with van der Waals surface area (Å²) in [5.41, 5.74) is 27.3. The summed E-state index contributed by atoms with van der Waals surface area (Å²) in [4.78, 5) is 31.6. The van der Waals surface area contributed by atoms with Gasteiger partial charge in [0.15, 0.2) is 0 Å². The Morgan fingerprint density at radius 1 is 0.320 bits per heavy atom. The average molecular weight is 1290 g/mol. The molecule has 2 heterocycles. The van der Waals surface area contributed by atoms with Crippen molar-refractivity contribution in [1.29, 1.82) is 0 Å². The second-order valence-electron chi connectivity index (χ2n) is 28.5. The van der Waals surface area contributed by atoms with Crippen molar-refractivity contribution < 1.29 is 19.1 Å². The Morgan fingerprint density at radius 3 is 0.969 bits per heavy atom. The lowest BCUT2D eigenvalue weighted by Gasteiger charge is -2.34. The minimum Gasteiger partial charge on any atom is -0.502 e. The predicted octanol–water partition coefficient (Wildman–Crippen LogP) is 23.5. The number of amides is 2. The molecule has 3 aliphatic carbocycles. The molecule has 6 heteroatoms. The molecule has 0 atom stereocenters. The van der Waals surface area contributed by atoms with E-state index in [4.69, 9.17) is 9.47 Å². The van der Waals surface area contributed by atoms with Gasteiger partial charge >= 0.3 is 0 Å². The zero-order valence-electron chi connectivity index (χ0n) is 58.7. The van der Waals surface area contributed by atoms with Gasteiger partial charge in [0.2, 0.25) is 0 Å². The summed E-state index contributed by atoms with van der Waals surface area (Å²) in [6, 6.07) is 64.5. The van der Waals surface area contributed by atoms with Crippen molar-refractivity contribution >= 4 is 23.2 Å². The largest absolute Gasteiger partial charge is 0.502 e. The number of rotatable bonds is 33. The Labute approximate surface area is 579 Å². The molecule has 0 N–H and O–H groups in total. The first kappa shape index (κ1) is 66.9. The molecule has 8 aromatic carbocycles. The third kappa shape index (κ3) is 12.1. The fourth-order valence-electron chi connectivity index (χ4n) is 18.0. The monoisotopic (exact) mass is 1280 g/mol. The van der Waals surface area contributed by atoms with Crippen LogP contribution in [-0.2, 0) is 35.3 Å². The topological polar surface area (TPSA) is 59.1 Å². The van der Waals surface area contributed by atoms with Crippen LogP contribution in [0.1, 0.15) is 213 Å². The van der Waals surface area contributed by atoms with E-state index in [1.807, 2.05) is 30.3 Å². The summed E-state index contributed by atoms with van der Waals surface area (Å²) in [5.74, 6) is -0.317. The Hall–Kier alpha value is -8.74. The van der Waals surface area contributed by atoms with E-state index >= 15 is 0 Å². The van der Waals surface area contributed by atoms with Crippen LogP contribution >= 0.6 is 0 Å². The second-order valence-corrected chi connectivity index (χ2v) is 28.5. The quantitative estimate of drug-likeness (QED) is 0.0304. The number of fused-ring (bicyclic) bond motifs is 10. The van der Waals surface area contributed by atoms with Crippen molar-refractivity contribution in [2.24, 2.45) is 0 Å². The Morgan fingerprint density at radius 2 is 0.608 bits per heavy atom. The number of ether oxygens (including phenoxy) is 2. The summed E-state index contributed by atoms with van der Waals surface area (Å²) >= 11 is 0. The van der Waals surface area contributed by atoms with Gasteiger partial charge < -0.3 is 19.3 Å². The Kier molecular flexibility index (Phi) is 20.1. The summed E-state index contributed by atoms with van der Waals surface area (Å²) in [6.07, 6.45) is 28.8. The fraction of sp³-hybridized carbons (Fsp3) is 0.363. The van der Waals surface area contributed by atoms with Crippen molar-refractivity contribution in [3.63, 3.8) is 0 Å². The number of nitrogens with zero attached hydrogens (tertiary/aromatic N) is 2. The number of benzene rings is 8. The molecule has 0 aromatic heterocycles. The summed E-state index contributed by atoms with van der Waals surface area (Å²) in [5, 5.41) is 0. The minimum absolute atomic E-state index is 0.00657. The molecule has 498 valence electrons. The van der Waals surface area contributed by atoms with Gasteiger partial charge in [0.1, 0.15) is 0 Å². The average Bonchev–Trinajstić information content (AvgIpc) is 1.59. The fourth-order valence-corrected chi connectivity index (χ4v) is 18.0. The van der Waals surface area contributed by atoms with Crippen molar-refractivity contribution in [3.05, 3.63) is 251 Å². The van der Waals surface area contributed by atoms with Crippen molar-refractivity contribution in [1.82, 2.24) is 9.80 Å². The molecule has 5 aliphatic rings. The molecule has 0 saturated carbocycles.